The van der Waals surface area contributed by atoms with Crippen LogP contribution in [-0.2, 0) is 0 Å². The lowest BCUT2D eigenvalue weighted by atomic mass is 9.44. The van der Waals surface area contributed by atoms with E-state index in [-0.39, 0.29) is 0 Å². The highest BCUT2D eigenvalue weighted by Crippen LogP contribution is 2.69. The van der Waals surface area contributed by atoms with Crippen LogP contribution in [-0.4, -0.2) is 0 Å². The van der Waals surface area contributed by atoms with Crippen LogP contribution in [0.2, 0.25) is 0 Å². The average molecular weight is 220 g/mol. The van der Waals surface area contributed by atoms with Crippen LogP contribution in [0.4, 0.5) is 0 Å². The van der Waals surface area contributed by atoms with Crippen LogP contribution >= 0.6 is 0 Å². The Morgan fingerprint density at radius 1 is 0.750 bits per heavy atom. The fraction of sp³-hybridized carbons (Fsp3) is 0.875. The van der Waals surface area contributed by atoms with Gasteiger partial charge in [-0.05, 0) is 48.3 Å². The zero-order chi connectivity index (χ0) is 12.5. The molecule has 0 aromatic rings. The second-order valence-corrected chi connectivity index (χ2v) is 7.78. The van der Waals surface area contributed by atoms with Crippen LogP contribution in [0.15, 0.2) is 11.1 Å². The summed E-state index contributed by atoms with van der Waals surface area (Å²) in [4.78, 5) is 0. The van der Waals surface area contributed by atoms with Gasteiger partial charge in [-0.2, -0.15) is 0 Å². The zero-order valence-electron chi connectivity index (χ0n) is 12.4. The molecule has 16 heavy (non-hydrogen) atoms. The molecule has 0 heterocycles. The molecule has 2 rings (SSSR count). The van der Waals surface area contributed by atoms with Crippen molar-refractivity contribution in [1.29, 1.82) is 0 Å². The molecule has 2 aliphatic rings. The van der Waals surface area contributed by atoms with Gasteiger partial charge in [0.2, 0.25) is 0 Å². The summed E-state index contributed by atoms with van der Waals surface area (Å²) in [6, 6.07) is 0. The van der Waals surface area contributed by atoms with Gasteiger partial charge >= 0.3 is 0 Å². The van der Waals surface area contributed by atoms with Crippen molar-refractivity contribution in [2.75, 3.05) is 0 Å². The zero-order valence-corrected chi connectivity index (χ0v) is 12.4. The largest absolute Gasteiger partial charge is 0.0704 e. The molecule has 0 amide bonds. The third-order valence-corrected chi connectivity index (χ3v) is 7.10. The molecule has 2 atom stereocenters. The summed E-state index contributed by atoms with van der Waals surface area (Å²) in [7, 11) is 0. The van der Waals surface area contributed by atoms with Gasteiger partial charge in [0.15, 0.2) is 0 Å². The van der Waals surface area contributed by atoms with Gasteiger partial charge in [-0.1, -0.05) is 52.7 Å². The summed E-state index contributed by atoms with van der Waals surface area (Å²) in [5.41, 5.74) is 4.60. The van der Waals surface area contributed by atoms with E-state index in [4.69, 9.17) is 0 Å². The number of allylic oxidation sites excluding steroid dienone is 2. The molecule has 92 valence electrons. The average Bonchev–Trinajstić information content (AvgIpc) is 2.41. The highest BCUT2D eigenvalue weighted by Gasteiger charge is 2.61. The van der Waals surface area contributed by atoms with Crippen molar-refractivity contribution < 1.29 is 0 Å². The minimum absolute atomic E-state index is 0.395. The minimum atomic E-state index is 0.395. The summed E-state index contributed by atoms with van der Waals surface area (Å²) in [6.45, 7) is 19.7. The van der Waals surface area contributed by atoms with Crippen LogP contribution in [0.1, 0.15) is 61.8 Å². The van der Waals surface area contributed by atoms with Crippen LogP contribution in [0.5, 0.6) is 0 Å². The summed E-state index contributed by atoms with van der Waals surface area (Å²) in [5.74, 6) is 1.61. The van der Waals surface area contributed by atoms with Crippen molar-refractivity contribution in [1.82, 2.24) is 0 Å². The summed E-state index contributed by atoms with van der Waals surface area (Å²) < 4.78 is 0. The van der Waals surface area contributed by atoms with Gasteiger partial charge < -0.3 is 0 Å². The molecule has 0 aromatic heterocycles. The van der Waals surface area contributed by atoms with E-state index in [1.165, 1.54) is 6.42 Å². The van der Waals surface area contributed by atoms with Gasteiger partial charge in [0.05, 0.1) is 0 Å². The van der Waals surface area contributed by atoms with Gasteiger partial charge in [-0.25, -0.2) is 0 Å². The molecule has 0 nitrogen and oxygen atoms in total. The number of hydrogen-bond donors (Lipinski definition) is 0. The van der Waals surface area contributed by atoms with Gasteiger partial charge in [0, 0.05) is 0 Å². The fourth-order valence-electron chi connectivity index (χ4n) is 4.51. The molecule has 0 aliphatic heterocycles. The second kappa shape index (κ2) is 2.94. The molecule has 0 heteroatoms. The van der Waals surface area contributed by atoms with E-state index in [0.29, 0.717) is 16.2 Å². The van der Waals surface area contributed by atoms with Crippen LogP contribution in [0.3, 0.4) is 0 Å². The number of rotatable bonds is 0. The monoisotopic (exact) mass is 220 g/mol. The van der Waals surface area contributed by atoms with Crippen molar-refractivity contribution in [3.05, 3.63) is 11.1 Å². The molecule has 1 saturated carbocycles. The van der Waals surface area contributed by atoms with Gasteiger partial charge in [-0.15, -0.1) is 0 Å². The van der Waals surface area contributed by atoms with E-state index in [0.717, 1.165) is 11.8 Å². The molecule has 2 bridgehead atoms. The maximum Gasteiger partial charge on any atom is -0.0141 e. The van der Waals surface area contributed by atoms with E-state index in [1.807, 2.05) is 0 Å². The molecule has 2 aliphatic carbocycles. The molecular formula is C16H28. The quantitative estimate of drug-likeness (QED) is 0.501. The van der Waals surface area contributed by atoms with E-state index in [2.05, 4.69) is 55.4 Å². The lowest BCUT2D eigenvalue weighted by Gasteiger charge is -2.60. The maximum atomic E-state index is 2.48. The predicted molar refractivity (Wildman–Crippen MR) is 71.3 cm³/mol. The van der Waals surface area contributed by atoms with Crippen molar-refractivity contribution in [2.24, 2.45) is 28.1 Å². The third kappa shape index (κ3) is 1.07. The van der Waals surface area contributed by atoms with Crippen LogP contribution < -0.4 is 0 Å². The highest BCUT2D eigenvalue weighted by molar-refractivity contribution is 5.32. The molecule has 2 unspecified atom stereocenters. The number of fused-ring (bicyclic) bond motifs is 2. The second-order valence-electron chi connectivity index (χ2n) is 7.78. The van der Waals surface area contributed by atoms with Crippen molar-refractivity contribution >= 4 is 0 Å². The van der Waals surface area contributed by atoms with E-state index >= 15 is 0 Å². The molecule has 1 fully saturated rings. The summed E-state index contributed by atoms with van der Waals surface area (Å²) >= 11 is 0. The van der Waals surface area contributed by atoms with E-state index < -0.39 is 0 Å². The first-order chi connectivity index (χ1) is 7.05. The summed E-state index contributed by atoms with van der Waals surface area (Å²) in [5, 5.41) is 0. The Balaban J connectivity index is 2.63. The molecular weight excluding hydrogens is 192 g/mol. The van der Waals surface area contributed by atoms with Crippen molar-refractivity contribution in [3.63, 3.8) is 0 Å². The van der Waals surface area contributed by atoms with Gasteiger partial charge in [-0.3, -0.25) is 0 Å². The predicted octanol–water partition coefficient (Wildman–Crippen LogP) is 5.05. The molecule has 0 saturated heterocycles. The molecule has 0 N–H and O–H groups in total. The molecule has 0 aromatic carbocycles. The first-order valence-corrected chi connectivity index (χ1v) is 6.72. The van der Waals surface area contributed by atoms with Gasteiger partial charge in [0.1, 0.15) is 0 Å². The first kappa shape index (κ1) is 12.2. The SMILES string of the molecule is CC1=C(C)C2CC1C(C)(C)C(C)(C)C2(C)C. The summed E-state index contributed by atoms with van der Waals surface area (Å²) in [6.07, 6.45) is 1.39. The van der Waals surface area contributed by atoms with Crippen molar-refractivity contribution in [2.45, 2.75) is 61.8 Å². The van der Waals surface area contributed by atoms with Crippen molar-refractivity contribution in [3.8, 4) is 0 Å². The smallest absolute Gasteiger partial charge is 0.0141 e. The first-order valence-electron chi connectivity index (χ1n) is 6.72. The highest BCUT2D eigenvalue weighted by atomic mass is 14.7. The Labute approximate surface area is 102 Å². The topological polar surface area (TPSA) is 0 Å². The molecule has 0 spiro atoms. The Hall–Kier alpha value is -0.260. The molecule has 0 radical (unpaired) electrons. The van der Waals surface area contributed by atoms with E-state index in [9.17, 15) is 0 Å². The lowest BCUT2D eigenvalue weighted by Crippen LogP contribution is -2.54. The normalized spacial score (nSPS) is 39.0. The Morgan fingerprint density at radius 3 is 1.38 bits per heavy atom. The maximum absolute atomic E-state index is 2.48. The Bertz CT molecular complexity index is 320. The van der Waals surface area contributed by atoms with E-state index in [1.54, 1.807) is 11.1 Å². The van der Waals surface area contributed by atoms with Crippen LogP contribution in [0, 0.1) is 28.1 Å². The Kier molecular flexibility index (Phi) is 2.25. The fourth-order valence-corrected chi connectivity index (χ4v) is 4.51. The Morgan fingerprint density at radius 2 is 1.06 bits per heavy atom. The third-order valence-electron chi connectivity index (χ3n) is 7.10. The number of hydrogen-bond acceptors (Lipinski definition) is 0. The lowest BCUT2D eigenvalue weighted by molar-refractivity contribution is -0.110. The van der Waals surface area contributed by atoms with Crippen LogP contribution in [0.25, 0.3) is 0 Å². The minimum Gasteiger partial charge on any atom is -0.0704 e. The standard InChI is InChI=1S/C16H28/c1-10-11(2)13-9-12(10)14(3,4)16(7,8)15(13,5)6/h12-13H,9H2,1-8H3. The van der Waals surface area contributed by atoms with Gasteiger partial charge in [0.25, 0.3) is 0 Å².